The monoisotopic (exact) mass is 420 g/mol. The number of hydrogen-bond donors (Lipinski definition) is 0. The van der Waals surface area contributed by atoms with Crippen LogP contribution in [0.5, 0.6) is 0 Å². The first kappa shape index (κ1) is 23.4. The molecule has 2 fully saturated rings. The Morgan fingerprint density at radius 1 is 0.833 bits per heavy atom. The lowest BCUT2D eigenvalue weighted by Crippen LogP contribution is -2.14. The topological polar surface area (TPSA) is 0 Å². The first-order valence-electron chi connectivity index (χ1n) is 12.3. The summed E-state index contributed by atoms with van der Waals surface area (Å²) in [6, 6.07) is 5.83. The van der Waals surface area contributed by atoms with Crippen LogP contribution in [0.25, 0.3) is 0 Å². The number of halogens is 3. The van der Waals surface area contributed by atoms with Crippen molar-refractivity contribution in [2.45, 2.75) is 102 Å². The Labute approximate surface area is 181 Å². The van der Waals surface area contributed by atoms with Crippen molar-refractivity contribution >= 4 is 0 Å². The highest BCUT2D eigenvalue weighted by Gasteiger charge is 2.30. The van der Waals surface area contributed by atoms with Crippen LogP contribution in [0.15, 0.2) is 36.4 Å². The van der Waals surface area contributed by atoms with E-state index in [1.165, 1.54) is 69.9 Å². The molecule has 0 radical (unpaired) electrons. The predicted molar refractivity (Wildman–Crippen MR) is 119 cm³/mol. The van der Waals surface area contributed by atoms with E-state index in [2.05, 4.69) is 19.1 Å². The summed E-state index contributed by atoms with van der Waals surface area (Å²) in [5.41, 5.74) is 0.525. The van der Waals surface area contributed by atoms with E-state index in [-0.39, 0.29) is 0 Å². The fourth-order valence-electron chi connectivity index (χ4n) is 5.51. The molecule has 0 nitrogen and oxygen atoms in total. The van der Waals surface area contributed by atoms with Crippen LogP contribution in [0.2, 0.25) is 0 Å². The standard InChI is InChI=1S/C27H39F3/c1-2-3-6-21-9-11-22(12-10-21)7-4-5-8-23-13-15-24(16-14-23)25-17-19-26(20-18-25)27(28,29)30/h5,8,17-24H,2-4,6-7,9-16H2,1H3/b8-5+. The summed E-state index contributed by atoms with van der Waals surface area (Å²) in [5, 5.41) is 0. The lowest BCUT2D eigenvalue weighted by Gasteiger charge is -2.28. The molecule has 0 atom stereocenters. The molecule has 0 spiro atoms. The van der Waals surface area contributed by atoms with Gasteiger partial charge in [-0.15, -0.1) is 0 Å². The largest absolute Gasteiger partial charge is 0.416 e. The van der Waals surface area contributed by atoms with Crippen molar-refractivity contribution in [2.75, 3.05) is 0 Å². The van der Waals surface area contributed by atoms with Gasteiger partial charge in [-0.2, -0.15) is 13.2 Å². The van der Waals surface area contributed by atoms with E-state index in [9.17, 15) is 13.2 Å². The van der Waals surface area contributed by atoms with Crippen molar-refractivity contribution in [3.63, 3.8) is 0 Å². The average molecular weight is 421 g/mol. The van der Waals surface area contributed by atoms with Gasteiger partial charge in [0, 0.05) is 0 Å². The highest BCUT2D eigenvalue weighted by Crippen LogP contribution is 2.38. The minimum atomic E-state index is -4.24. The lowest BCUT2D eigenvalue weighted by atomic mass is 9.77. The van der Waals surface area contributed by atoms with E-state index in [0.717, 1.165) is 43.1 Å². The number of unbranched alkanes of at least 4 members (excludes halogenated alkanes) is 1. The molecule has 2 aliphatic carbocycles. The number of alkyl halides is 3. The molecule has 2 saturated carbocycles. The van der Waals surface area contributed by atoms with Crippen LogP contribution in [0, 0.1) is 17.8 Å². The zero-order valence-corrected chi connectivity index (χ0v) is 18.6. The van der Waals surface area contributed by atoms with E-state index in [0.29, 0.717) is 11.8 Å². The number of rotatable bonds is 8. The molecular weight excluding hydrogens is 381 g/mol. The molecule has 0 unspecified atom stereocenters. The van der Waals surface area contributed by atoms with Crippen LogP contribution in [0.4, 0.5) is 13.2 Å². The molecule has 1 aromatic carbocycles. The summed E-state index contributed by atoms with van der Waals surface area (Å²) < 4.78 is 38.2. The van der Waals surface area contributed by atoms with Crippen LogP contribution < -0.4 is 0 Å². The molecule has 0 heterocycles. The Balaban J connectivity index is 1.32. The summed E-state index contributed by atoms with van der Waals surface area (Å²) >= 11 is 0. The Morgan fingerprint density at radius 3 is 2.00 bits per heavy atom. The van der Waals surface area contributed by atoms with Gasteiger partial charge in [0.1, 0.15) is 0 Å². The Bertz CT molecular complexity index is 627. The third kappa shape index (κ3) is 7.17. The molecular formula is C27H39F3. The van der Waals surface area contributed by atoms with E-state index >= 15 is 0 Å². The molecule has 0 saturated heterocycles. The summed E-state index contributed by atoms with van der Waals surface area (Å²) in [7, 11) is 0. The van der Waals surface area contributed by atoms with Gasteiger partial charge in [0.25, 0.3) is 0 Å². The summed E-state index contributed by atoms with van der Waals surface area (Å²) in [6.07, 6.45) is 17.6. The molecule has 0 N–H and O–H groups in total. The molecule has 30 heavy (non-hydrogen) atoms. The van der Waals surface area contributed by atoms with E-state index < -0.39 is 11.7 Å². The summed E-state index contributed by atoms with van der Waals surface area (Å²) in [5.74, 6) is 3.00. The Kier molecular flexibility index (Phi) is 8.89. The second-order valence-corrected chi connectivity index (χ2v) is 9.77. The van der Waals surface area contributed by atoms with E-state index in [1.54, 1.807) is 12.1 Å². The summed E-state index contributed by atoms with van der Waals surface area (Å²) in [4.78, 5) is 0. The maximum absolute atomic E-state index is 12.7. The molecule has 0 aliphatic heterocycles. The third-order valence-electron chi connectivity index (χ3n) is 7.56. The zero-order chi connectivity index (χ0) is 21.4. The van der Waals surface area contributed by atoms with Crippen LogP contribution >= 0.6 is 0 Å². The van der Waals surface area contributed by atoms with Crippen molar-refractivity contribution < 1.29 is 13.2 Å². The van der Waals surface area contributed by atoms with Crippen LogP contribution in [-0.4, -0.2) is 0 Å². The average Bonchev–Trinajstić information content (AvgIpc) is 2.76. The SMILES string of the molecule is CCCCC1CCC(CC/C=C/C2CCC(c3ccc(C(F)(F)F)cc3)CC2)CC1. The zero-order valence-electron chi connectivity index (χ0n) is 18.6. The molecule has 1 aromatic rings. The second kappa shape index (κ2) is 11.4. The second-order valence-electron chi connectivity index (χ2n) is 9.77. The van der Waals surface area contributed by atoms with Gasteiger partial charge in [0.05, 0.1) is 5.56 Å². The quantitative estimate of drug-likeness (QED) is 0.367. The molecule has 0 amide bonds. The van der Waals surface area contributed by atoms with Crippen LogP contribution in [0.1, 0.15) is 107 Å². The molecule has 3 rings (SSSR count). The van der Waals surface area contributed by atoms with Crippen molar-refractivity contribution in [1.29, 1.82) is 0 Å². The normalized spacial score (nSPS) is 28.1. The van der Waals surface area contributed by atoms with Crippen LogP contribution in [-0.2, 0) is 6.18 Å². The first-order chi connectivity index (χ1) is 14.5. The number of hydrogen-bond acceptors (Lipinski definition) is 0. The summed E-state index contributed by atoms with van der Waals surface area (Å²) in [6.45, 7) is 2.29. The van der Waals surface area contributed by atoms with Crippen molar-refractivity contribution in [3.8, 4) is 0 Å². The predicted octanol–water partition coefficient (Wildman–Crippen LogP) is 9.31. The molecule has 0 bridgehead atoms. The maximum Gasteiger partial charge on any atom is 0.416 e. The number of allylic oxidation sites excluding steroid dienone is 2. The lowest BCUT2D eigenvalue weighted by molar-refractivity contribution is -0.137. The van der Waals surface area contributed by atoms with Gasteiger partial charge >= 0.3 is 6.18 Å². The van der Waals surface area contributed by atoms with E-state index in [1.807, 2.05) is 0 Å². The van der Waals surface area contributed by atoms with Crippen LogP contribution in [0.3, 0.4) is 0 Å². The molecule has 3 heteroatoms. The van der Waals surface area contributed by atoms with Gasteiger partial charge in [0.15, 0.2) is 0 Å². The molecule has 0 aromatic heterocycles. The van der Waals surface area contributed by atoms with Gasteiger partial charge in [-0.05, 0) is 79.9 Å². The van der Waals surface area contributed by atoms with E-state index in [4.69, 9.17) is 0 Å². The first-order valence-corrected chi connectivity index (χ1v) is 12.3. The van der Waals surface area contributed by atoms with Gasteiger partial charge in [-0.3, -0.25) is 0 Å². The van der Waals surface area contributed by atoms with Crippen molar-refractivity contribution in [3.05, 3.63) is 47.5 Å². The number of benzene rings is 1. The van der Waals surface area contributed by atoms with Gasteiger partial charge in [-0.1, -0.05) is 76.2 Å². The Hall–Kier alpha value is -1.25. The highest BCUT2D eigenvalue weighted by molar-refractivity contribution is 5.27. The fraction of sp³-hybridized carbons (Fsp3) is 0.704. The third-order valence-corrected chi connectivity index (χ3v) is 7.56. The smallest absolute Gasteiger partial charge is 0.166 e. The van der Waals surface area contributed by atoms with Gasteiger partial charge in [-0.25, -0.2) is 0 Å². The van der Waals surface area contributed by atoms with Gasteiger partial charge in [0.2, 0.25) is 0 Å². The van der Waals surface area contributed by atoms with Crippen molar-refractivity contribution in [1.82, 2.24) is 0 Å². The fourth-order valence-corrected chi connectivity index (χ4v) is 5.51. The Morgan fingerprint density at radius 2 is 1.43 bits per heavy atom. The highest BCUT2D eigenvalue weighted by atomic mass is 19.4. The van der Waals surface area contributed by atoms with Gasteiger partial charge < -0.3 is 0 Å². The maximum atomic E-state index is 12.7. The molecule has 2 aliphatic rings. The minimum Gasteiger partial charge on any atom is -0.166 e. The molecule has 168 valence electrons. The van der Waals surface area contributed by atoms with Crippen molar-refractivity contribution in [2.24, 2.45) is 17.8 Å². The minimum absolute atomic E-state index is 0.417.